The topological polar surface area (TPSA) is 78.9 Å². The number of benzene rings is 1. The van der Waals surface area contributed by atoms with Gasteiger partial charge in [0.1, 0.15) is 4.90 Å². The van der Waals surface area contributed by atoms with Crippen LogP contribution in [0.25, 0.3) is 6.08 Å². The lowest BCUT2D eigenvalue weighted by molar-refractivity contribution is -0.134. The van der Waals surface area contributed by atoms with Gasteiger partial charge in [-0.15, -0.1) is 0 Å². The van der Waals surface area contributed by atoms with Crippen molar-refractivity contribution in [2.75, 3.05) is 21.3 Å². The minimum Gasteiger partial charge on any atom is -0.493 e. The van der Waals surface area contributed by atoms with Crippen molar-refractivity contribution in [3.05, 3.63) is 23.8 Å². The fourth-order valence-corrected chi connectivity index (χ4v) is 2.49. The molecule has 0 amide bonds. The van der Waals surface area contributed by atoms with Gasteiger partial charge in [-0.1, -0.05) is 0 Å². The van der Waals surface area contributed by atoms with Crippen LogP contribution in [0.2, 0.25) is 0 Å². The van der Waals surface area contributed by atoms with E-state index in [1.54, 1.807) is 0 Å². The van der Waals surface area contributed by atoms with Crippen LogP contribution in [0, 0.1) is 0 Å². The van der Waals surface area contributed by atoms with Gasteiger partial charge in [0.15, 0.2) is 11.5 Å². The molecule has 0 atom stereocenters. The SMILES string of the molecule is COC(=O)/C=C/c1cc(OC)c(OC)c(S(=O)(=O)Cl)c1. The van der Waals surface area contributed by atoms with Gasteiger partial charge in [-0.25, -0.2) is 13.2 Å². The predicted octanol–water partition coefficient (Wildman–Crippen LogP) is 1.82. The fraction of sp³-hybridized carbons (Fsp3) is 0.250. The Morgan fingerprint density at radius 3 is 2.30 bits per heavy atom. The molecule has 0 aliphatic heterocycles. The number of carbonyl (C=O) groups excluding carboxylic acids is 1. The van der Waals surface area contributed by atoms with Crippen molar-refractivity contribution < 1.29 is 27.4 Å². The average Bonchev–Trinajstić information content (AvgIpc) is 2.42. The summed E-state index contributed by atoms with van der Waals surface area (Å²) in [6.45, 7) is 0. The van der Waals surface area contributed by atoms with Crippen LogP contribution in [-0.2, 0) is 18.6 Å². The molecule has 1 aromatic rings. The lowest BCUT2D eigenvalue weighted by atomic mass is 10.2. The molecule has 0 heterocycles. The van der Waals surface area contributed by atoms with E-state index >= 15 is 0 Å². The average molecular weight is 321 g/mol. The van der Waals surface area contributed by atoms with Crippen LogP contribution in [0.3, 0.4) is 0 Å². The van der Waals surface area contributed by atoms with Gasteiger partial charge < -0.3 is 14.2 Å². The van der Waals surface area contributed by atoms with E-state index in [0.29, 0.717) is 5.56 Å². The van der Waals surface area contributed by atoms with Crippen LogP contribution in [0.15, 0.2) is 23.1 Å². The maximum atomic E-state index is 11.5. The van der Waals surface area contributed by atoms with Gasteiger partial charge in [0, 0.05) is 16.8 Å². The van der Waals surface area contributed by atoms with E-state index in [1.807, 2.05) is 0 Å². The van der Waals surface area contributed by atoms with Gasteiger partial charge in [0.25, 0.3) is 9.05 Å². The standard InChI is InChI=1S/C12H13ClO6S/c1-17-9-6-8(4-5-11(14)18-2)7-10(12(9)19-3)20(13,15)16/h4-7H,1-3H3/b5-4+. The minimum atomic E-state index is -4.03. The maximum Gasteiger partial charge on any atom is 0.330 e. The molecular weight excluding hydrogens is 308 g/mol. The first kappa shape index (κ1) is 16.3. The molecule has 6 nitrogen and oxygen atoms in total. The summed E-state index contributed by atoms with van der Waals surface area (Å²) in [7, 11) is 5.22. The van der Waals surface area contributed by atoms with Crippen LogP contribution < -0.4 is 9.47 Å². The molecule has 1 rings (SSSR count). The summed E-state index contributed by atoms with van der Waals surface area (Å²) in [5, 5.41) is 0. The second-order valence-electron chi connectivity index (χ2n) is 3.55. The number of hydrogen-bond acceptors (Lipinski definition) is 6. The largest absolute Gasteiger partial charge is 0.493 e. The van der Waals surface area contributed by atoms with Gasteiger partial charge in [0.05, 0.1) is 21.3 Å². The van der Waals surface area contributed by atoms with E-state index in [-0.39, 0.29) is 16.4 Å². The summed E-state index contributed by atoms with van der Waals surface area (Å²) in [4.78, 5) is 10.8. The zero-order valence-electron chi connectivity index (χ0n) is 11.0. The van der Waals surface area contributed by atoms with Crippen LogP contribution in [0.1, 0.15) is 5.56 Å². The van der Waals surface area contributed by atoms with Gasteiger partial charge in [0.2, 0.25) is 0 Å². The van der Waals surface area contributed by atoms with Crippen molar-refractivity contribution in [3.63, 3.8) is 0 Å². The molecule has 0 bridgehead atoms. The lowest BCUT2D eigenvalue weighted by Crippen LogP contribution is -2.00. The third-order valence-electron chi connectivity index (χ3n) is 2.34. The molecule has 0 saturated heterocycles. The zero-order valence-corrected chi connectivity index (χ0v) is 12.6. The number of halogens is 1. The van der Waals surface area contributed by atoms with Crippen molar-refractivity contribution in [1.29, 1.82) is 0 Å². The fourth-order valence-electron chi connectivity index (χ4n) is 1.46. The van der Waals surface area contributed by atoms with Crippen LogP contribution in [0.4, 0.5) is 0 Å². The van der Waals surface area contributed by atoms with Gasteiger partial charge in [-0.2, -0.15) is 0 Å². The van der Waals surface area contributed by atoms with E-state index in [1.165, 1.54) is 39.5 Å². The highest BCUT2D eigenvalue weighted by atomic mass is 35.7. The molecule has 0 saturated carbocycles. The molecule has 0 aromatic heterocycles. The highest BCUT2D eigenvalue weighted by Gasteiger charge is 2.21. The quantitative estimate of drug-likeness (QED) is 0.468. The summed E-state index contributed by atoms with van der Waals surface area (Å²) in [6, 6.07) is 2.77. The van der Waals surface area contributed by atoms with Gasteiger partial charge >= 0.3 is 5.97 Å². The number of rotatable bonds is 5. The number of carbonyl (C=O) groups is 1. The molecule has 20 heavy (non-hydrogen) atoms. The zero-order chi connectivity index (χ0) is 15.3. The molecule has 8 heteroatoms. The summed E-state index contributed by atoms with van der Waals surface area (Å²) >= 11 is 0. The van der Waals surface area contributed by atoms with Crippen molar-refractivity contribution in [2.45, 2.75) is 4.90 Å². The smallest absolute Gasteiger partial charge is 0.330 e. The van der Waals surface area contributed by atoms with Crippen LogP contribution >= 0.6 is 10.7 Å². The third kappa shape index (κ3) is 3.88. The Kier molecular flexibility index (Phi) is 5.41. The first-order valence-corrected chi connectivity index (χ1v) is 7.61. The normalized spacial score (nSPS) is 11.4. The summed E-state index contributed by atoms with van der Waals surface area (Å²) < 4.78 is 37.6. The maximum absolute atomic E-state index is 11.5. The van der Waals surface area contributed by atoms with Gasteiger partial charge in [-0.3, -0.25) is 0 Å². The Morgan fingerprint density at radius 2 is 1.85 bits per heavy atom. The number of ether oxygens (including phenoxy) is 3. The second kappa shape index (κ2) is 6.62. The van der Waals surface area contributed by atoms with E-state index in [4.69, 9.17) is 20.2 Å². The Balaban J connectivity index is 3.44. The lowest BCUT2D eigenvalue weighted by Gasteiger charge is -2.12. The summed E-state index contributed by atoms with van der Waals surface area (Å²) in [5.41, 5.74) is 0.396. The van der Waals surface area contributed by atoms with E-state index in [2.05, 4.69) is 4.74 Å². The first-order chi connectivity index (χ1) is 9.33. The molecule has 0 unspecified atom stereocenters. The van der Waals surface area contributed by atoms with Crippen molar-refractivity contribution in [3.8, 4) is 11.5 Å². The van der Waals surface area contributed by atoms with Crippen LogP contribution in [-0.4, -0.2) is 35.7 Å². The molecule has 1 aromatic carbocycles. The van der Waals surface area contributed by atoms with Crippen molar-refractivity contribution in [2.24, 2.45) is 0 Å². The third-order valence-corrected chi connectivity index (χ3v) is 3.67. The van der Waals surface area contributed by atoms with E-state index < -0.39 is 15.0 Å². The van der Waals surface area contributed by atoms with Crippen molar-refractivity contribution >= 4 is 31.8 Å². The van der Waals surface area contributed by atoms with Crippen molar-refractivity contribution in [1.82, 2.24) is 0 Å². The summed E-state index contributed by atoms with van der Waals surface area (Å²) in [5.74, 6) is -0.397. The number of methoxy groups -OCH3 is 3. The summed E-state index contributed by atoms with van der Waals surface area (Å²) in [6.07, 6.45) is 2.52. The van der Waals surface area contributed by atoms with E-state index in [0.717, 1.165) is 6.08 Å². The molecule has 0 N–H and O–H groups in total. The molecule has 0 radical (unpaired) electrons. The second-order valence-corrected chi connectivity index (χ2v) is 6.08. The Labute approximate surface area is 121 Å². The predicted molar refractivity (Wildman–Crippen MR) is 73.6 cm³/mol. The molecular formula is C12H13ClO6S. The monoisotopic (exact) mass is 320 g/mol. The molecule has 110 valence electrons. The number of esters is 1. The molecule has 0 aliphatic rings. The molecule has 0 fully saturated rings. The Morgan fingerprint density at radius 1 is 1.20 bits per heavy atom. The Bertz CT molecular complexity index is 636. The minimum absolute atomic E-state index is 0.00211. The molecule has 0 aliphatic carbocycles. The molecule has 0 spiro atoms. The van der Waals surface area contributed by atoms with E-state index in [9.17, 15) is 13.2 Å². The van der Waals surface area contributed by atoms with Crippen LogP contribution in [0.5, 0.6) is 11.5 Å². The highest BCUT2D eigenvalue weighted by Crippen LogP contribution is 2.37. The highest BCUT2D eigenvalue weighted by molar-refractivity contribution is 8.13. The van der Waals surface area contributed by atoms with Gasteiger partial charge in [-0.05, 0) is 23.8 Å². The first-order valence-electron chi connectivity index (χ1n) is 5.30. The Hall–Kier alpha value is -1.73. The number of hydrogen-bond donors (Lipinski definition) is 0.